The molecule has 5 atom stereocenters. The van der Waals surface area contributed by atoms with Crippen LogP contribution in [0.1, 0.15) is 73.6 Å². The van der Waals surface area contributed by atoms with Crippen molar-refractivity contribution in [2.75, 3.05) is 0 Å². The standard InChI is InChI=1S/C26H44N6O10/c1-12(2)9-17(23(38)28-14(5)26(41)42)31-25(40)19(11-21(35)36)32-24(39)18(10-13(3)4)30-22(37)16(29-15(6)33)7-8-20(27)34/h12-14,16-19H,7-11H2,1-6H3,(H2,27,34)(H,28,38)(H,29,33)(H,30,37)(H,31,40)(H,32,39)(H,35,36)(H,41,42)/t14-,16-,17-,18-,19-/m0/s1. The zero-order valence-corrected chi connectivity index (χ0v) is 24.8. The van der Waals surface area contributed by atoms with Crippen LogP contribution in [0.5, 0.6) is 0 Å². The molecular weight excluding hydrogens is 556 g/mol. The average Bonchev–Trinajstić information content (AvgIpc) is 2.83. The highest BCUT2D eigenvalue weighted by Gasteiger charge is 2.33. The number of primary amides is 1. The number of carbonyl (C=O) groups is 8. The molecule has 0 aliphatic heterocycles. The molecule has 16 nitrogen and oxygen atoms in total. The Hall–Kier alpha value is -4.24. The van der Waals surface area contributed by atoms with Crippen LogP contribution in [0.25, 0.3) is 0 Å². The van der Waals surface area contributed by atoms with Crippen LogP contribution in [0.4, 0.5) is 0 Å². The molecule has 0 radical (unpaired) electrons. The van der Waals surface area contributed by atoms with Crippen molar-refractivity contribution in [2.24, 2.45) is 17.6 Å². The highest BCUT2D eigenvalue weighted by Crippen LogP contribution is 2.10. The number of nitrogens with one attached hydrogen (secondary N) is 5. The SMILES string of the molecule is CC(=O)N[C@@H](CCC(N)=O)C(=O)N[C@@H](CC(C)C)C(=O)N[C@@H](CC(=O)O)C(=O)N[C@@H](CC(C)C)C(=O)N[C@@H](C)C(=O)O. The Kier molecular flexibility index (Phi) is 16.4. The molecule has 0 spiro atoms. The third-order valence-corrected chi connectivity index (χ3v) is 5.79. The summed E-state index contributed by atoms with van der Waals surface area (Å²) in [5.74, 6) is -7.84. The Labute approximate surface area is 244 Å². The summed E-state index contributed by atoms with van der Waals surface area (Å²) in [4.78, 5) is 97.4. The fraction of sp³-hybridized carbons (Fsp3) is 0.692. The molecule has 0 fully saturated rings. The van der Waals surface area contributed by atoms with E-state index in [9.17, 15) is 43.5 Å². The van der Waals surface area contributed by atoms with E-state index < -0.39 is 84.0 Å². The zero-order valence-electron chi connectivity index (χ0n) is 24.8. The fourth-order valence-electron chi connectivity index (χ4n) is 3.78. The molecule has 0 saturated carbocycles. The van der Waals surface area contributed by atoms with Gasteiger partial charge in [-0.1, -0.05) is 27.7 Å². The van der Waals surface area contributed by atoms with Gasteiger partial charge in [0.05, 0.1) is 6.42 Å². The minimum atomic E-state index is -1.66. The number of rotatable bonds is 19. The highest BCUT2D eigenvalue weighted by molar-refractivity contribution is 5.97. The number of carbonyl (C=O) groups excluding carboxylic acids is 6. The Balaban J connectivity index is 5.94. The van der Waals surface area contributed by atoms with Crippen molar-refractivity contribution in [1.82, 2.24) is 26.6 Å². The monoisotopic (exact) mass is 600 g/mol. The van der Waals surface area contributed by atoms with Gasteiger partial charge in [0.1, 0.15) is 30.2 Å². The molecule has 0 unspecified atom stereocenters. The Bertz CT molecular complexity index is 1020. The van der Waals surface area contributed by atoms with Crippen LogP contribution in [0, 0.1) is 11.8 Å². The number of nitrogens with two attached hydrogens (primary N) is 1. The first-order valence-electron chi connectivity index (χ1n) is 13.5. The zero-order chi connectivity index (χ0) is 32.7. The van der Waals surface area contributed by atoms with Crippen molar-refractivity contribution < 1.29 is 48.6 Å². The first-order valence-corrected chi connectivity index (χ1v) is 13.5. The predicted molar refractivity (Wildman–Crippen MR) is 148 cm³/mol. The Morgan fingerprint density at radius 1 is 0.619 bits per heavy atom. The summed E-state index contributed by atoms with van der Waals surface area (Å²) in [5, 5.41) is 30.3. The minimum Gasteiger partial charge on any atom is -0.481 e. The third kappa shape index (κ3) is 15.5. The number of carboxylic acid groups (broad SMARTS) is 2. The van der Waals surface area contributed by atoms with E-state index in [1.165, 1.54) is 6.92 Å². The van der Waals surface area contributed by atoms with Crippen LogP contribution in [-0.2, 0) is 38.4 Å². The van der Waals surface area contributed by atoms with Gasteiger partial charge in [-0.3, -0.25) is 38.4 Å². The maximum atomic E-state index is 13.2. The molecule has 0 aromatic carbocycles. The topological polar surface area (TPSA) is 263 Å². The molecule has 0 saturated heterocycles. The molecule has 9 N–H and O–H groups in total. The van der Waals surface area contributed by atoms with E-state index in [1.807, 2.05) is 0 Å². The van der Waals surface area contributed by atoms with E-state index in [-0.39, 0.29) is 37.5 Å². The molecule has 0 aromatic rings. The van der Waals surface area contributed by atoms with Crippen molar-refractivity contribution in [1.29, 1.82) is 0 Å². The molecular formula is C26H44N6O10. The van der Waals surface area contributed by atoms with Gasteiger partial charge in [-0.25, -0.2) is 0 Å². The molecule has 16 heteroatoms. The lowest BCUT2D eigenvalue weighted by Crippen LogP contribution is -2.59. The lowest BCUT2D eigenvalue weighted by atomic mass is 10.0. The Morgan fingerprint density at radius 3 is 1.40 bits per heavy atom. The highest BCUT2D eigenvalue weighted by atomic mass is 16.4. The summed E-state index contributed by atoms with van der Waals surface area (Å²) in [6.07, 6.45) is -1.08. The van der Waals surface area contributed by atoms with E-state index in [2.05, 4.69) is 26.6 Å². The van der Waals surface area contributed by atoms with Crippen LogP contribution >= 0.6 is 0 Å². The van der Waals surface area contributed by atoms with Gasteiger partial charge in [0.25, 0.3) is 0 Å². The molecule has 0 heterocycles. The van der Waals surface area contributed by atoms with Gasteiger partial charge >= 0.3 is 11.9 Å². The molecule has 0 aliphatic rings. The molecule has 0 aromatic heterocycles. The van der Waals surface area contributed by atoms with E-state index >= 15 is 0 Å². The molecule has 238 valence electrons. The van der Waals surface area contributed by atoms with Crippen molar-refractivity contribution in [3.63, 3.8) is 0 Å². The summed E-state index contributed by atoms with van der Waals surface area (Å²) in [6.45, 7) is 9.39. The van der Waals surface area contributed by atoms with E-state index in [4.69, 9.17) is 10.8 Å². The summed E-state index contributed by atoms with van der Waals surface area (Å²) in [6, 6.07) is -6.62. The predicted octanol–water partition coefficient (Wildman–Crippen LogP) is -1.63. The Morgan fingerprint density at radius 2 is 1.02 bits per heavy atom. The van der Waals surface area contributed by atoms with Crippen molar-refractivity contribution in [3.8, 4) is 0 Å². The first-order chi connectivity index (χ1) is 19.3. The van der Waals surface area contributed by atoms with E-state index in [0.717, 1.165) is 6.92 Å². The van der Waals surface area contributed by atoms with Crippen LogP contribution in [0.15, 0.2) is 0 Å². The van der Waals surface area contributed by atoms with Gasteiger partial charge in [-0.05, 0) is 38.0 Å². The smallest absolute Gasteiger partial charge is 0.325 e. The van der Waals surface area contributed by atoms with Gasteiger partial charge in [-0.2, -0.15) is 0 Å². The second-order valence-electron chi connectivity index (χ2n) is 10.9. The molecule has 0 aliphatic carbocycles. The average molecular weight is 601 g/mol. The largest absolute Gasteiger partial charge is 0.481 e. The van der Waals surface area contributed by atoms with Gasteiger partial charge < -0.3 is 42.5 Å². The second-order valence-corrected chi connectivity index (χ2v) is 10.9. The number of carboxylic acids is 2. The summed E-state index contributed by atoms with van der Waals surface area (Å²) in [5.41, 5.74) is 5.14. The second kappa shape index (κ2) is 18.2. The number of hydrogen-bond donors (Lipinski definition) is 8. The lowest BCUT2D eigenvalue weighted by Gasteiger charge is -2.27. The maximum Gasteiger partial charge on any atom is 0.325 e. The molecule has 0 bridgehead atoms. The summed E-state index contributed by atoms with van der Waals surface area (Å²) < 4.78 is 0. The van der Waals surface area contributed by atoms with Crippen LogP contribution in [0.2, 0.25) is 0 Å². The summed E-state index contributed by atoms with van der Waals surface area (Å²) in [7, 11) is 0. The normalized spacial score (nSPS) is 14.5. The van der Waals surface area contributed by atoms with E-state index in [0.29, 0.717) is 0 Å². The maximum absolute atomic E-state index is 13.2. The van der Waals surface area contributed by atoms with Gasteiger partial charge in [0.15, 0.2) is 0 Å². The van der Waals surface area contributed by atoms with Crippen LogP contribution < -0.4 is 32.3 Å². The van der Waals surface area contributed by atoms with E-state index in [1.54, 1.807) is 27.7 Å². The minimum absolute atomic E-state index is 0.0626. The van der Waals surface area contributed by atoms with Gasteiger partial charge in [0.2, 0.25) is 35.4 Å². The van der Waals surface area contributed by atoms with Crippen LogP contribution in [-0.4, -0.2) is 87.8 Å². The summed E-state index contributed by atoms with van der Waals surface area (Å²) >= 11 is 0. The molecule has 42 heavy (non-hydrogen) atoms. The molecule has 0 rings (SSSR count). The van der Waals surface area contributed by atoms with Crippen LogP contribution in [0.3, 0.4) is 0 Å². The van der Waals surface area contributed by atoms with Gasteiger partial charge in [-0.15, -0.1) is 0 Å². The quantitative estimate of drug-likeness (QED) is 0.0838. The van der Waals surface area contributed by atoms with Crippen molar-refractivity contribution >= 4 is 47.4 Å². The lowest BCUT2D eigenvalue weighted by molar-refractivity contribution is -0.143. The van der Waals surface area contributed by atoms with Crippen molar-refractivity contribution in [3.05, 3.63) is 0 Å². The van der Waals surface area contributed by atoms with Gasteiger partial charge in [0, 0.05) is 13.3 Å². The fourth-order valence-corrected chi connectivity index (χ4v) is 3.78. The van der Waals surface area contributed by atoms with Crippen molar-refractivity contribution in [2.45, 2.75) is 104 Å². The molecule has 6 amide bonds. The third-order valence-electron chi connectivity index (χ3n) is 5.79. The number of amides is 6. The number of hydrogen-bond acceptors (Lipinski definition) is 8. The number of aliphatic carboxylic acids is 2. The first kappa shape index (κ1) is 37.8.